The number of nitro groups is 1. The normalized spacial score (nSPS) is 10.2. The molecule has 2 rings (SSSR count). The van der Waals surface area contributed by atoms with Crippen LogP contribution in [0.1, 0.15) is 5.56 Å². The summed E-state index contributed by atoms with van der Waals surface area (Å²) in [4.78, 5) is 10.1. The molecular formula is C13H9ClINO3. The number of rotatable bonds is 4. The van der Waals surface area contributed by atoms with E-state index < -0.39 is 4.92 Å². The zero-order chi connectivity index (χ0) is 13.8. The number of benzene rings is 2. The molecule has 0 saturated heterocycles. The van der Waals surface area contributed by atoms with Crippen LogP contribution in [0.4, 0.5) is 5.69 Å². The highest BCUT2D eigenvalue weighted by Gasteiger charge is 2.10. The molecule has 0 radical (unpaired) electrons. The molecule has 2 aromatic rings. The highest BCUT2D eigenvalue weighted by molar-refractivity contribution is 14.1. The maximum absolute atomic E-state index is 10.6. The molecule has 0 fully saturated rings. The van der Waals surface area contributed by atoms with Crippen LogP contribution in [0.5, 0.6) is 5.75 Å². The first-order chi connectivity index (χ1) is 9.08. The van der Waals surface area contributed by atoms with E-state index in [4.69, 9.17) is 16.3 Å². The van der Waals surface area contributed by atoms with Gasteiger partial charge in [-0.05, 0) is 40.8 Å². The lowest BCUT2D eigenvalue weighted by atomic mass is 10.2. The van der Waals surface area contributed by atoms with Crippen molar-refractivity contribution in [1.82, 2.24) is 0 Å². The van der Waals surface area contributed by atoms with Crippen LogP contribution in [-0.2, 0) is 6.61 Å². The zero-order valence-electron chi connectivity index (χ0n) is 9.68. The average molecular weight is 390 g/mol. The van der Waals surface area contributed by atoms with Crippen molar-refractivity contribution in [3.63, 3.8) is 0 Å². The molecule has 0 N–H and O–H groups in total. The number of nitrogens with zero attached hydrogens (tertiary/aromatic N) is 1. The van der Waals surface area contributed by atoms with Crippen molar-refractivity contribution in [3.05, 3.63) is 66.7 Å². The second-order valence-electron chi connectivity index (χ2n) is 3.75. The number of halogens is 2. The third-order valence-electron chi connectivity index (χ3n) is 2.47. The van der Waals surface area contributed by atoms with Gasteiger partial charge in [0.1, 0.15) is 12.4 Å². The molecule has 0 aliphatic rings. The van der Waals surface area contributed by atoms with Gasteiger partial charge in [-0.15, -0.1) is 0 Å². The Hall–Kier alpha value is -1.34. The molecule has 0 spiro atoms. The molecule has 0 aromatic heterocycles. The highest BCUT2D eigenvalue weighted by Crippen LogP contribution is 2.25. The monoisotopic (exact) mass is 389 g/mol. The predicted octanol–water partition coefficient (Wildman–Crippen LogP) is 4.43. The molecule has 2 aromatic carbocycles. The predicted molar refractivity (Wildman–Crippen MR) is 81.6 cm³/mol. The average Bonchev–Trinajstić information content (AvgIpc) is 2.39. The molecule has 0 atom stereocenters. The zero-order valence-corrected chi connectivity index (χ0v) is 12.6. The lowest BCUT2D eigenvalue weighted by Crippen LogP contribution is -1.98. The van der Waals surface area contributed by atoms with E-state index in [0.717, 1.165) is 9.32 Å². The van der Waals surface area contributed by atoms with Crippen LogP contribution in [0.25, 0.3) is 0 Å². The van der Waals surface area contributed by atoms with E-state index in [1.54, 1.807) is 6.07 Å². The van der Waals surface area contributed by atoms with Crippen molar-refractivity contribution < 1.29 is 9.66 Å². The molecular weight excluding hydrogens is 381 g/mol. The summed E-state index contributed by atoms with van der Waals surface area (Å²) in [5.41, 5.74) is 0.690. The second-order valence-corrected chi connectivity index (χ2v) is 5.32. The van der Waals surface area contributed by atoms with E-state index in [9.17, 15) is 10.1 Å². The van der Waals surface area contributed by atoms with Gasteiger partial charge in [-0.1, -0.05) is 23.7 Å². The van der Waals surface area contributed by atoms with Crippen LogP contribution in [0.15, 0.2) is 42.5 Å². The standard InChI is InChI=1S/C13H9ClINO3/c14-11-7-10(16(17)18)6-5-9(11)8-19-13-4-2-1-3-12(13)15/h1-7H,8H2. The minimum Gasteiger partial charge on any atom is -0.488 e. The summed E-state index contributed by atoms with van der Waals surface area (Å²) in [6, 6.07) is 12.0. The third-order valence-corrected chi connectivity index (χ3v) is 3.71. The van der Waals surface area contributed by atoms with Gasteiger partial charge in [0, 0.05) is 17.7 Å². The van der Waals surface area contributed by atoms with Crippen LogP contribution in [0.3, 0.4) is 0 Å². The minimum atomic E-state index is -0.476. The molecule has 0 aliphatic carbocycles. The van der Waals surface area contributed by atoms with Crippen molar-refractivity contribution >= 4 is 39.9 Å². The molecule has 0 amide bonds. The first-order valence-corrected chi connectivity index (χ1v) is 6.84. The molecule has 6 heteroatoms. The van der Waals surface area contributed by atoms with Crippen molar-refractivity contribution in [3.8, 4) is 5.75 Å². The Morgan fingerprint density at radius 2 is 2.00 bits per heavy atom. The molecule has 98 valence electrons. The summed E-state index contributed by atoms with van der Waals surface area (Å²) in [5.74, 6) is 0.762. The fourth-order valence-electron chi connectivity index (χ4n) is 1.48. The van der Waals surface area contributed by atoms with Crippen LogP contribution in [0, 0.1) is 13.7 Å². The Labute approximate surface area is 128 Å². The topological polar surface area (TPSA) is 52.4 Å². The van der Waals surface area contributed by atoms with E-state index in [2.05, 4.69) is 22.6 Å². The van der Waals surface area contributed by atoms with Gasteiger partial charge in [0.15, 0.2) is 0 Å². The van der Waals surface area contributed by atoms with Crippen LogP contribution in [0.2, 0.25) is 5.02 Å². The Kier molecular flexibility index (Phi) is 4.60. The molecule has 0 bridgehead atoms. The number of non-ortho nitro benzene ring substituents is 1. The Bertz CT molecular complexity index is 619. The van der Waals surface area contributed by atoms with Crippen molar-refractivity contribution in [1.29, 1.82) is 0 Å². The third kappa shape index (κ3) is 3.57. The second kappa shape index (κ2) is 6.21. The Morgan fingerprint density at radius 3 is 2.63 bits per heavy atom. The first-order valence-electron chi connectivity index (χ1n) is 5.38. The number of hydrogen-bond acceptors (Lipinski definition) is 3. The minimum absolute atomic E-state index is 0.0250. The maximum Gasteiger partial charge on any atom is 0.270 e. The SMILES string of the molecule is O=[N+]([O-])c1ccc(COc2ccccc2I)c(Cl)c1. The van der Waals surface area contributed by atoms with Crippen LogP contribution in [-0.4, -0.2) is 4.92 Å². The van der Waals surface area contributed by atoms with Gasteiger partial charge >= 0.3 is 0 Å². The summed E-state index contributed by atoms with van der Waals surface area (Å²) >= 11 is 8.17. The molecule has 19 heavy (non-hydrogen) atoms. The van der Waals surface area contributed by atoms with Gasteiger partial charge in [-0.2, -0.15) is 0 Å². The summed E-state index contributed by atoms with van der Waals surface area (Å²) in [6.45, 7) is 0.275. The summed E-state index contributed by atoms with van der Waals surface area (Å²) < 4.78 is 6.64. The molecule has 0 aliphatic heterocycles. The smallest absolute Gasteiger partial charge is 0.270 e. The highest BCUT2D eigenvalue weighted by atomic mass is 127. The van der Waals surface area contributed by atoms with Gasteiger partial charge in [-0.25, -0.2) is 0 Å². The van der Waals surface area contributed by atoms with E-state index in [1.807, 2.05) is 24.3 Å². The maximum atomic E-state index is 10.6. The van der Waals surface area contributed by atoms with E-state index in [-0.39, 0.29) is 12.3 Å². The molecule has 0 saturated carbocycles. The molecule has 4 nitrogen and oxygen atoms in total. The number of para-hydroxylation sites is 1. The summed E-state index contributed by atoms with van der Waals surface area (Å²) in [5, 5.41) is 10.9. The molecule has 0 heterocycles. The van der Waals surface area contributed by atoms with Crippen molar-refractivity contribution in [2.75, 3.05) is 0 Å². The van der Waals surface area contributed by atoms with Crippen molar-refractivity contribution in [2.24, 2.45) is 0 Å². The van der Waals surface area contributed by atoms with Gasteiger partial charge in [0.2, 0.25) is 0 Å². The lowest BCUT2D eigenvalue weighted by Gasteiger charge is -2.09. The largest absolute Gasteiger partial charge is 0.488 e. The van der Waals surface area contributed by atoms with Crippen molar-refractivity contribution in [2.45, 2.75) is 6.61 Å². The fourth-order valence-corrected chi connectivity index (χ4v) is 2.26. The number of hydrogen-bond donors (Lipinski definition) is 0. The Balaban J connectivity index is 2.12. The summed E-state index contributed by atoms with van der Waals surface area (Å²) in [6.07, 6.45) is 0. The summed E-state index contributed by atoms with van der Waals surface area (Å²) in [7, 11) is 0. The van der Waals surface area contributed by atoms with Gasteiger partial charge in [0.05, 0.1) is 13.5 Å². The number of ether oxygens (including phenoxy) is 1. The van der Waals surface area contributed by atoms with Gasteiger partial charge < -0.3 is 4.74 Å². The lowest BCUT2D eigenvalue weighted by molar-refractivity contribution is -0.384. The number of nitro benzene ring substituents is 1. The van der Waals surface area contributed by atoms with E-state index in [1.165, 1.54) is 12.1 Å². The van der Waals surface area contributed by atoms with Crippen LogP contribution < -0.4 is 4.74 Å². The van der Waals surface area contributed by atoms with Crippen LogP contribution >= 0.6 is 34.2 Å². The van der Waals surface area contributed by atoms with Gasteiger partial charge in [-0.3, -0.25) is 10.1 Å². The molecule has 0 unspecified atom stereocenters. The Morgan fingerprint density at radius 1 is 1.26 bits per heavy atom. The fraction of sp³-hybridized carbons (Fsp3) is 0.0769. The van der Waals surface area contributed by atoms with Gasteiger partial charge in [0.25, 0.3) is 5.69 Å². The van der Waals surface area contributed by atoms with E-state index in [0.29, 0.717) is 10.6 Å². The first kappa shape index (κ1) is 14.1. The quantitative estimate of drug-likeness (QED) is 0.441. The van der Waals surface area contributed by atoms with E-state index >= 15 is 0 Å².